The highest BCUT2D eigenvalue weighted by molar-refractivity contribution is 5.48. The highest BCUT2D eigenvalue weighted by atomic mass is 19.4. The van der Waals surface area contributed by atoms with Crippen LogP contribution in [0.15, 0.2) is 24.3 Å². The Bertz CT molecular complexity index is 564. The Morgan fingerprint density at radius 1 is 0.875 bits per heavy atom. The van der Waals surface area contributed by atoms with Gasteiger partial charge in [-0.1, -0.05) is 0 Å². The van der Waals surface area contributed by atoms with E-state index in [1.807, 2.05) is 0 Å². The maximum absolute atomic E-state index is 12.7. The predicted octanol–water partition coefficient (Wildman–Crippen LogP) is 4.80. The van der Waals surface area contributed by atoms with Crippen molar-refractivity contribution >= 4 is 5.69 Å². The third-order valence-corrected chi connectivity index (χ3v) is 5.77. The van der Waals surface area contributed by atoms with Gasteiger partial charge in [0, 0.05) is 30.9 Å². The lowest BCUT2D eigenvalue weighted by Gasteiger charge is -2.42. The minimum Gasteiger partial charge on any atom is -0.371 e. The summed E-state index contributed by atoms with van der Waals surface area (Å²) in [5, 5.41) is 0. The van der Waals surface area contributed by atoms with Gasteiger partial charge in [0.1, 0.15) is 0 Å². The van der Waals surface area contributed by atoms with Gasteiger partial charge in [-0.2, -0.15) is 13.2 Å². The van der Waals surface area contributed by atoms with E-state index in [4.69, 9.17) is 0 Å². The third kappa shape index (κ3) is 3.56. The molecular weight excluding hydrogens is 313 g/mol. The number of likely N-dealkylation sites (tertiary alicyclic amines) is 1. The van der Waals surface area contributed by atoms with Gasteiger partial charge in [-0.05, 0) is 76.3 Å². The molecule has 3 rings (SSSR count). The summed E-state index contributed by atoms with van der Waals surface area (Å²) >= 11 is 0. The zero-order valence-electron chi connectivity index (χ0n) is 14.8. The van der Waals surface area contributed by atoms with Crippen LogP contribution in [0.5, 0.6) is 0 Å². The summed E-state index contributed by atoms with van der Waals surface area (Å²) in [7, 11) is 0. The highest BCUT2D eigenvalue weighted by Crippen LogP contribution is 2.43. The zero-order valence-corrected chi connectivity index (χ0v) is 14.8. The molecule has 134 valence electrons. The van der Waals surface area contributed by atoms with E-state index in [-0.39, 0.29) is 5.54 Å². The second-order valence-corrected chi connectivity index (χ2v) is 8.37. The molecule has 1 aromatic carbocycles. The molecule has 0 atom stereocenters. The van der Waals surface area contributed by atoms with Crippen molar-refractivity contribution in [3.8, 4) is 0 Å². The van der Waals surface area contributed by atoms with Crippen molar-refractivity contribution in [1.82, 2.24) is 4.90 Å². The molecule has 0 aromatic heterocycles. The Morgan fingerprint density at radius 2 is 1.42 bits per heavy atom. The quantitative estimate of drug-likeness (QED) is 0.725. The average molecular weight is 340 g/mol. The van der Waals surface area contributed by atoms with Crippen LogP contribution >= 0.6 is 0 Å². The normalized spacial score (nSPS) is 22.3. The fourth-order valence-corrected chi connectivity index (χ4v) is 4.02. The Morgan fingerprint density at radius 3 is 1.88 bits per heavy atom. The minimum atomic E-state index is -4.26. The van der Waals surface area contributed by atoms with Crippen molar-refractivity contribution in [3.63, 3.8) is 0 Å². The molecule has 2 aliphatic rings. The summed E-state index contributed by atoms with van der Waals surface area (Å²) in [6.07, 6.45) is -0.767. The molecule has 2 nitrogen and oxygen atoms in total. The number of piperidine rings is 1. The van der Waals surface area contributed by atoms with Gasteiger partial charge in [0.2, 0.25) is 0 Å². The summed E-state index contributed by atoms with van der Waals surface area (Å²) < 4.78 is 38.0. The Hall–Kier alpha value is -1.23. The molecule has 0 unspecified atom stereocenters. The number of benzene rings is 1. The van der Waals surface area contributed by atoms with E-state index < -0.39 is 11.7 Å². The molecule has 2 aliphatic heterocycles. The number of halogens is 3. The van der Waals surface area contributed by atoms with E-state index in [1.54, 1.807) is 12.1 Å². The van der Waals surface area contributed by atoms with Crippen LogP contribution < -0.4 is 4.90 Å². The van der Waals surface area contributed by atoms with Gasteiger partial charge >= 0.3 is 6.18 Å². The molecule has 0 amide bonds. The average Bonchev–Trinajstić information content (AvgIpc) is 2.91. The Kier molecular flexibility index (Phi) is 4.35. The maximum Gasteiger partial charge on any atom is 0.416 e. The highest BCUT2D eigenvalue weighted by Gasteiger charge is 2.43. The number of alkyl halides is 3. The summed E-state index contributed by atoms with van der Waals surface area (Å²) in [5.41, 5.74) is 0.948. The van der Waals surface area contributed by atoms with Gasteiger partial charge in [-0.3, -0.25) is 4.90 Å². The first-order valence-corrected chi connectivity index (χ1v) is 8.76. The molecule has 0 bridgehead atoms. The second-order valence-electron chi connectivity index (χ2n) is 8.37. The van der Waals surface area contributed by atoms with Crippen molar-refractivity contribution in [3.05, 3.63) is 29.8 Å². The number of rotatable bonds is 1. The largest absolute Gasteiger partial charge is 0.416 e. The molecule has 5 heteroatoms. The number of anilines is 1. The lowest BCUT2D eigenvalue weighted by molar-refractivity contribution is -0.137. The summed E-state index contributed by atoms with van der Waals surface area (Å²) in [6.45, 7) is 11.0. The molecule has 0 aliphatic carbocycles. The number of nitrogens with zero attached hydrogens (tertiary/aromatic N) is 2. The maximum atomic E-state index is 12.7. The predicted molar refractivity (Wildman–Crippen MR) is 91.3 cm³/mol. The molecule has 2 heterocycles. The van der Waals surface area contributed by atoms with Crippen molar-refractivity contribution in [2.24, 2.45) is 5.41 Å². The third-order valence-electron chi connectivity index (χ3n) is 5.77. The molecule has 2 fully saturated rings. The fourth-order valence-electron chi connectivity index (χ4n) is 4.02. The first-order chi connectivity index (χ1) is 11.1. The van der Waals surface area contributed by atoms with Gasteiger partial charge < -0.3 is 4.90 Å². The zero-order chi connectivity index (χ0) is 17.6. The first-order valence-electron chi connectivity index (χ1n) is 8.76. The van der Waals surface area contributed by atoms with Gasteiger partial charge in [-0.15, -0.1) is 0 Å². The second kappa shape index (κ2) is 5.94. The fraction of sp³-hybridized carbons (Fsp3) is 0.684. The van der Waals surface area contributed by atoms with Crippen molar-refractivity contribution in [1.29, 1.82) is 0 Å². The van der Waals surface area contributed by atoms with E-state index in [0.717, 1.165) is 44.7 Å². The molecule has 2 saturated heterocycles. The van der Waals surface area contributed by atoms with Gasteiger partial charge in [0.05, 0.1) is 5.56 Å². The van der Waals surface area contributed by atoms with Crippen molar-refractivity contribution in [2.75, 3.05) is 31.1 Å². The smallest absolute Gasteiger partial charge is 0.371 e. The van der Waals surface area contributed by atoms with Gasteiger partial charge in [0.15, 0.2) is 0 Å². The number of hydrogen-bond acceptors (Lipinski definition) is 2. The summed E-state index contributed by atoms with van der Waals surface area (Å²) in [5.74, 6) is 0. The molecule has 0 N–H and O–H groups in total. The molecule has 0 radical (unpaired) electrons. The Balaban J connectivity index is 1.62. The van der Waals surface area contributed by atoms with E-state index in [2.05, 4.69) is 30.6 Å². The lowest BCUT2D eigenvalue weighted by Crippen LogP contribution is -2.45. The molecule has 24 heavy (non-hydrogen) atoms. The van der Waals surface area contributed by atoms with Crippen LogP contribution in [0.2, 0.25) is 0 Å². The standard InChI is InChI=1S/C19H27F3N2/c1-17(2,3)24-13-10-18(14-24)8-11-23(12-9-18)16-6-4-15(5-7-16)19(20,21)22/h4-7H,8-14H2,1-3H3. The first kappa shape index (κ1) is 17.6. The molecule has 1 aromatic rings. The van der Waals surface area contributed by atoms with E-state index in [0.29, 0.717) is 5.41 Å². The van der Waals surface area contributed by atoms with Crippen LogP contribution in [-0.2, 0) is 6.18 Å². The number of hydrogen-bond donors (Lipinski definition) is 0. The van der Waals surface area contributed by atoms with E-state index >= 15 is 0 Å². The van der Waals surface area contributed by atoms with Gasteiger partial charge in [0.25, 0.3) is 0 Å². The van der Waals surface area contributed by atoms with E-state index in [9.17, 15) is 13.2 Å². The topological polar surface area (TPSA) is 6.48 Å². The molecule has 1 spiro atoms. The van der Waals surface area contributed by atoms with Crippen LogP contribution in [0, 0.1) is 5.41 Å². The summed E-state index contributed by atoms with van der Waals surface area (Å²) in [4.78, 5) is 4.80. The lowest BCUT2D eigenvalue weighted by atomic mass is 9.77. The summed E-state index contributed by atoms with van der Waals surface area (Å²) in [6, 6.07) is 5.60. The minimum absolute atomic E-state index is 0.216. The van der Waals surface area contributed by atoms with Crippen LogP contribution in [-0.4, -0.2) is 36.6 Å². The Labute approximate surface area is 142 Å². The van der Waals surface area contributed by atoms with Crippen LogP contribution in [0.4, 0.5) is 18.9 Å². The molecular formula is C19H27F3N2. The monoisotopic (exact) mass is 340 g/mol. The van der Waals surface area contributed by atoms with Crippen LogP contribution in [0.25, 0.3) is 0 Å². The SMILES string of the molecule is CC(C)(C)N1CCC2(CCN(c3ccc(C(F)(F)F)cc3)CC2)C1. The van der Waals surface area contributed by atoms with Crippen molar-refractivity contribution in [2.45, 2.75) is 51.7 Å². The van der Waals surface area contributed by atoms with Crippen LogP contribution in [0.1, 0.15) is 45.6 Å². The van der Waals surface area contributed by atoms with Crippen LogP contribution in [0.3, 0.4) is 0 Å². The van der Waals surface area contributed by atoms with E-state index in [1.165, 1.54) is 18.6 Å². The van der Waals surface area contributed by atoms with Crippen molar-refractivity contribution < 1.29 is 13.2 Å². The van der Waals surface area contributed by atoms with Gasteiger partial charge in [-0.25, -0.2) is 0 Å². The molecule has 0 saturated carbocycles.